The predicted octanol–water partition coefficient (Wildman–Crippen LogP) is 4.68. The van der Waals surface area contributed by atoms with E-state index < -0.39 is 56.8 Å². The number of benzene rings is 1. The number of halogens is 12. The zero-order valence-corrected chi connectivity index (χ0v) is 16.1. The molecule has 1 aromatic carbocycles. The Balaban J connectivity index is 3.44. The number of rotatable bonds is 7. The number of carbonyl (C=O) groups excluding carboxylic acids is 1. The van der Waals surface area contributed by atoms with Crippen molar-refractivity contribution in [3.8, 4) is 0 Å². The molecule has 1 rings (SSSR count). The summed E-state index contributed by atoms with van der Waals surface area (Å²) in [6, 6.07) is 2.47. The Labute approximate surface area is 175 Å². The van der Waals surface area contributed by atoms with Gasteiger partial charge in [0.05, 0.1) is 0 Å². The molecule has 0 fully saturated rings. The topological polar surface area (TPSA) is 84.8 Å². The Morgan fingerprint density at radius 3 is 1.67 bits per heavy atom. The molecule has 1 amide bonds. The molecule has 0 aliphatic heterocycles. The van der Waals surface area contributed by atoms with Crippen molar-refractivity contribution in [1.82, 2.24) is 0 Å². The summed E-state index contributed by atoms with van der Waals surface area (Å²) in [7, 11) is -7.66. The third kappa shape index (κ3) is 5.44. The van der Waals surface area contributed by atoms with Gasteiger partial charge >= 0.3 is 39.6 Å². The van der Waals surface area contributed by atoms with Crippen LogP contribution in [-0.2, 0) is 19.2 Å². The molecule has 0 saturated carbocycles. The van der Waals surface area contributed by atoms with Crippen molar-refractivity contribution in [2.45, 2.75) is 36.4 Å². The van der Waals surface area contributed by atoms with Crippen LogP contribution >= 0.6 is 0 Å². The van der Waals surface area contributed by atoms with Gasteiger partial charge in [-0.1, -0.05) is 17.3 Å². The van der Waals surface area contributed by atoms with E-state index in [4.69, 9.17) is 0 Å². The fourth-order valence-electron chi connectivity index (χ4n) is 1.83. The van der Waals surface area contributed by atoms with Gasteiger partial charge in [0, 0.05) is 18.2 Å². The maximum atomic E-state index is 13.5. The number of amides is 1. The molecule has 188 valence electrons. The monoisotopic (exact) mass is 528 g/mol. The first-order valence-electron chi connectivity index (χ1n) is 7.65. The Kier molecular flexibility index (Phi) is 7.34. The van der Waals surface area contributed by atoms with Gasteiger partial charge in [0.15, 0.2) is 5.71 Å². The fraction of sp³-hybridized carbons (Fsp3) is 0.429. The molecule has 0 aliphatic rings. The average Bonchev–Trinajstić information content (AvgIpc) is 2.60. The second-order valence-corrected chi connectivity index (χ2v) is 7.46. The van der Waals surface area contributed by atoms with Crippen molar-refractivity contribution in [3.63, 3.8) is 0 Å². The van der Waals surface area contributed by atoms with Crippen molar-refractivity contribution in [3.05, 3.63) is 29.8 Å². The lowest BCUT2D eigenvalue weighted by molar-refractivity contribution is -0.382. The molecule has 0 spiro atoms. The van der Waals surface area contributed by atoms with Crippen LogP contribution in [0, 0.1) is 0 Å². The highest BCUT2D eigenvalue weighted by molar-refractivity contribution is 7.87. The molecule has 0 atom stereocenters. The van der Waals surface area contributed by atoms with E-state index in [9.17, 15) is 65.9 Å². The molecule has 0 aliphatic carbocycles. The van der Waals surface area contributed by atoms with Crippen LogP contribution in [0.4, 0.5) is 58.4 Å². The lowest BCUT2D eigenvalue weighted by atomic mass is 10.1. The summed E-state index contributed by atoms with van der Waals surface area (Å²) in [6.45, 7) is 1.01. The maximum absolute atomic E-state index is 13.5. The summed E-state index contributed by atoms with van der Waals surface area (Å²) in [4.78, 5) is 10.9. The van der Waals surface area contributed by atoms with Gasteiger partial charge in [-0.3, -0.25) is 9.08 Å². The Morgan fingerprint density at radius 2 is 1.30 bits per heavy atom. The van der Waals surface area contributed by atoms with Crippen LogP contribution in [0.2, 0.25) is 0 Å². The van der Waals surface area contributed by atoms with Crippen molar-refractivity contribution in [2.75, 3.05) is 5.32 Å². The first-order chi connectivity index (χ1) is 14.5. The zero-order chi connectivity index (χ0) is 26.3. The van der Waals surface area contributed by atoms with Crippen LogP contribution in [0.5, 0.6) is 0 Å². The number of nitrogens with zero attached hydrogens (tertiary/aromatic N) is 1. The second-order valence-electron chi connectivity index (χ2n) is 5.89. The molecule has 0 heterocycles. The third-order valence-corrected chi connectivity index (χ3v) is 4.56. The van der Waals surface area contributed by atoms with E-state index in [1.54, 1.807) is 5.16 Å². The van der Waals surface area contributed by atoms with Crippen LogP contribution < -0.4 is 5.32 Å². The molecule has 33 heavy (non-hydrogen) atoms. The van der Waals surface area contributed by atoms with Crippen LogP contribution in [-0.4, -0.2) is 49.5 Å². The van der Waals surface area contributed by atoms with Gasteiger partial charge < -0.3 is 5.32 Å². The van der Waals surface area contributed by atoms with Gasteiger partial charge in [-0.25, -0.2) is 0 Å². The van der Waals surface area contributed by atoms with E-state index in [-0.39, 0.29) is 5.69 Å². The summed E-state index contributed by atoms with van der Waals surface area (Å²) in [5.41, 5.74) is -3.77. The number of oxime groups is 1. The molecule has 0 bridgehead atoms. The van der Waals surface area contributed by atoms with Crippen molar-refractivity contribution < 1.29 is 70.2 Å². The quantitative estimate of drug-likeness (QED) is 0.317. The molecule has 1 N–H and O–H groups in total. The largest absolute Gasteiger partial charge is 0.460 e. The highest BCUT2D eigenvalue weighted by atomic mass is 32.2. The lowest BCUT2D eigenvalue weighted by Gasteiger charge is -2.31. The number of hydrogen-bond donors (Lipinski definition) is 1. The molecule has 0 aromatic heterocycles. The summed E-state index contributed by atoms with van der Waals surface area (Å²) in [5, 5.41) is -3.57. The van der Waals surface area contributed by atoms with E-state index in [0.717, 1.165) is 19.1 Å². The van der Waals surface area contributed by atoms with E-state index in [1.807, 2.05) is 0 Å². The smallest absolute Gasteiger partial charge is 0.326 e. The number of nitrogens with one attached hydrogen (secondary N) is 1. The van der Waals surface area contributed by atoms with Crippen LogP contribution in [0.25, 0.3) is 0 Å². The minimum absolute atomic E-state index is 0.123. The van der Waals surface area contributed by atoms with Crippen molar-refractivity contribution in [2.24, 2.45) is 5.16 Å². The van der Waals surface area contributed by atoms with Gasteiger partial charge in [0.2, 0.25) is 5.91 Å². The molecule has 0 unspecified atom stereocenters. The first-order valence-corrected chi connectivity index (χ1v) is 9.06. The zero-order valence-electron chi connectivity index (χ0n) is 15.3. The molecule has 0 saturated heterocycles. The van der Waals surface area contributed by atoms with Gasteiger partial charge in [-0.05, 0) is 12.1 Å². The van der Waals surface area contributed by atoms with Gasteiger partial charge in [0.25, 0.3) is 0 Å². The number of hydrogen-bond acceptors (Lipinski definition) is 5. The minimum atomic E-state index is -7.72. The molecule has 19 heteroatoms. The summed E-state index contributed by atoms with van der Waals surface area (Å²) in [5.74, 6) is -16.0. The van der Waals surface area contributed by atoms with E-state index in [2.05, 4.69) is 9.60 Å². The normalized spacial score (nSPS) is 14.8. The minimum Gasteiger partial charge on any atom is -0.326 e. The van der Waals surface area contributed by atoms with E-state index in [1.165, 1.54) is 0 Å². The summed E-state index contributed by atoms with van der Waals surface area (Å²) < 4.78 is 180. The van der Waals surface area contributed by atoms with Crippen molar-refractivity contribution >= 4 is 27.4 Å². The lowest BCUT2D eigenvalue weighted by Crippen LogP contribution is -2.63. The first kappa shape index (κ1) is 28.3. The maximum Gasteiger partial charge on any atom is 0.460 e. The summed E-state index contributed by atoms with van der Waals surface area (Å²) >= 11 is 0. The third-order valence-electron chi connectivity index (χ3n) is 3.40. The predicted molar refractivity (Wildman–Crippen MR) is 84.2 cm³/mol. The fourth-order valence-corrected chi connectivity index (χ4v) is 2.54. The second kappa shape index (κ2) is 8.56. The van der Waals surface area contributed by atoms with E-state index >= 15 is 0 Å². The van der Waals surface area contributed by atoms with Crippen LogP contribution in [0.3, 0.4) is 0 Å². The van der Waals surface area contributed by atoms with Crippen molar-refractivity contribution in [1.29, 1.82) is 0 Å². The van der Waals surface area contributed by atoms with Gasteiger partial charge in [0.1, 0.15) is 0 Å². The average molecular weight is 528 g/mol. The Bertz CT molecular complexity index is 1010. The number of carbonyl (C=O) groups is 1. The standard InChI is InChI=1S/C14H8F12N2O4S/c1-6(29)27-8-4-2-7(3-5-8)9(10(15,16)17)28-32-33(30,31)14(25,26)12(20,21)11(18,19)13(22,23)24/h2-5H,1H3,(H,27,29)/b28-9-. The molecule has 6 nitrogen and oxygen atoms in total. The molecule has 1 aromatic rings. The summed E-state index contributed by atoms with van der Waals surface area (Å²) in [6.07, 6.45) is -13.1. The highest BCUT2D eigenvalue weighted by Gasteiger charge is 2.86. The van der Waals surface area contributed by atoms with Crippen LogP contribution in [0.15, 0.2) is 29.4 Å². The molecular weight excluding hydrogens is 520 g/mol. The number of alkyl halides is 12. The molecular formula is C14H8F12N2O4S. The highest BCUT2D eigenvalue weighted by Crippen LogP contribution is 2.55. The number of anilines is 1. The SMILES string of the molecule is CC(=O)Nc1ccc(/C(=N/OS(=O)(=O)C(F)(F)C(F)(F)C(F)(F)C(F)(F)F)C(F)(F)F)cc1. The Morgan fingerprint density at radius 1 is 0.848 bits per heavy atom. The van der Waals surface area contributed by atoms with E-state index in [0.29, 0.717) is 12.1 Å². The Hall–Kier alpha value is -2.73. The van der Waals surface area contributed by atoms with Crippen LogP contribution in [0.1, 0.15) is 12.5 Å². The van der Waals surface area contributed by atoms with Gasteiger partial charge in [-0.15, -0.1) is 0 Å². The molecule has 0 radical (unpaired) electrons. The van der Waals surface area contributed by atoms with Gasteiger partial charge in [-0.2, -0.15) is 61.1 Å².